The van der Waals surface area contributed by atoms with E-state index in [0.29, 0.717) is 22.5 Å². The van der Waals surface area contributed by atoms with Gasteiger partial charge in [-0.3, -0.25) is 0 Å². The largest absolute Gasteiger partial charge is 0.365 e. The van der Waals surface area contributed by atoms with Crippen LogP contribution in [0.1, 0.15) is 20.8 Å². The molecule has 1 N–H and O–H groups in total. The van der Waals surface area contributed by atoms with Crippen molar-refractivity contribution in [3.05, 3.63) is 29.9 Å². The topological polar surface area (TPSA) is 72.9 Å². The minimum absolute atomic E-state index is 0.227. The Hall–Kier alpha value is -2.15. The summed E-state index contributed by atoms with van der Waals surface area (Å²) < 4.78 is 3.31. The van der Waals surface area contributed by atoms with Crippen LogP contribution < -0.4 is 5.32 Å². The van der Waals surface area contributed by atoms with Gasteiger partial charge in [-0.1, -0.05) is 25.4 Å². The molecule has 0 unspecified atom stereocenters. The number of hydrogen-bond donors (Lipinski definition) is 1. The van der Waals surface area contributed by atoms with Gasteiger partial charge in [-0.2, -0.15) is 24.7 Å². The first-order chi connectivity index (χ1) is 10.1. The van der Waals surface area contributed by atoms with E-state index in [1.807, 2.05) is 12.3 Å². The van der Waals surface area contributed by atoms with Crippen LogP contribution in [0.2, 0.25) is 5.15 Å². The van der Waals surface area contributed by atoms with E-state index < -0.39 is 0 Å². The van der Waals surface area contributed by atoms with E-state index in [4.69, 9.17) is 11.6 Å². The van der Waals surface area contributed by atoms with Gasteiger partial charge in [0.25, 0.3) is 5.78 Å². The van der Waals surface area contributed by atoms with Crippen LogP contribution in [0.25, 0.3) is 11.5 Å². The van der Waals surface area contributed by atoms with Crippen molar-refractivity contribution in [2.45, 2.75) is 26.8 Å². The molecule has 21 heavy (non-hydrogen) atoms. The summed E-state index contributed by atoms with van der Waals surface area (Å²) in [5, 5.41) is 12.2. The molecule has 7 nitrogen and oxygen atoms in total. The first kappa shape index (κ1) is 13.8. The fourth-order valence-electron chi connectivity index (χ4n) is 1.92. The molecule has 0 saturated carbocycles. The van der Waals surface area contributed by atoms with Gasteiger partial charge in [-0.05, 0) is 18.9 Å². The van der Waals surface area contributed by atoms with Crippen molar-refractivity contribution in [1.82, 2.24) is 29.4 Å². The summed E-state index contributed by atoms with van der Waals surface area (Å²) in [7, 11) is 0. The summed E-state index contributed by atoms with van der Waals surface area (Å²) in [6, 6.07) is 2.06. The van der Waals surface area contributed by atoms with Crippen LogP contribution in [-0.2, 0) is 0 Å². The Morgan fingerprint density at radius 1 is 1.24 bits per heavy atom. The molecule has 3 aromatic rings. The molecule has 0 aliphatic heterocycles. The maximum atomic E-state index is 6.33. The highest BCUT2D eigenvalue weighted by atomic mass is 35.5. The second-order valence-electron chi connectivity index (χ2n) is 5.20. The van der Waals surface area contributed by atoms with Crippen molar-refractivity contribution in [2.75, 3.05) is 5.32 Å². The SMILES string of the molecule is CC(C)[C@@H](C)Nc1c(-n2cccn2)c(Cl)nc2ncnn12. The fraction of sp³-hybridized carbons (Fsp3) is 0.385. The van der Waals surface area contributed by atoms with E-state index in [1.165, 1.54) is 6.33 Å². The predicted molar refractivity (Wildman–Crippen MR) is 80.8 cm³/mol. The van der Waals surface area contributed by atoms with E-state index in [0.717, 1.165) is 5.82 Å². The number of halogens is 1. The third-order valence-corrected chi connectivity index (χ3v) is 3.72. The molecule has 8 heteroatoms. The van der Waals surface area contributed by atoms with Gasteiger partial charge < -0.3 is 5.32 Å². The molecule has 0 aromatic carbocycles. The van der Waals surface area contributed by atoms with Crippen molar-refractivity contribution in [2.24, 2.45) is 5.92 Å². The Morgan fingerprint density at radius 3 is 2.71 bits per heavy atom. The Bertz CT molecular complexity index is 747. The zero-order chi connectivity index (χ0) is 15.0. The molecule has 110 valence electrons. The van der Waals surface area contributed by atoms with Crippen molar-refractivity contribution >= 4 is 23.2 Å². The van der Waals surface area contributed by atoms with E-state index in [9.17, 15) is 0 Å². The Morgan fingerprint density at radius 2 is 2.05 bits per heavy atom. The average Bonchev–Trinajstić information content (AvgIpc) is 3.08. The highest BCUT2D eigenvalue weighted by Crippen LogP contribution is 2.28. The van der Waals surface area contributed by atoms with E-state index in [-0.39, 0.29) is 6.04 Å². The molecule has 0 aliphatic rings. The standard InChI is InChI=1S/C13H16ClN7/c1-8(2)9(3)18-12-10(20-6-4-5-16-20)11(14)19-13-15-7-17-21(12)13/h4-9,18H,1-3H3/t9-/m1/s1. The molecule has 3 rings (SSSR count). The highest BCUT2D eigenvalue weighted by molar-refractivity contribution is 6.31. The number of anilines is 1. The molecule has 0 amide bonds. The minimum Gasteiger partial charge on any atom is -0.365 e. The quantitative estimate of drug-likeness (QED) is 0.749. The maximum Gasteiger partial charge on any atom is 0.255 e. The lowest BCUT2D eigenvalue weighted by atomic mass is 10.1. The van der Waals surface area contributed by atoms with Gasteiger partial charge >= 0.3 is 0 Å². The summed E-state index contributed by atoms with van der Waals surface area (Å²) in [4.78, 5) is 8.36. The molecule has 0 saturated heterocycles. The zero-order valence-corrected chi connectivity index (χ0v) is 12.8. The molecule has 0 fully saturated rings. The molecule has 0 bridgehead atoms. The van der Waals surface area contributed by atoms with Crippen LogP contribution in [0.3, 0.4) is 0 Å². The third-order valence-electron chi connectivity index (χ3n) is 3.46. The molecule has 3 aromatic heterocycles. The van der Waals surface area contributed by atoms with E-state index in [1.54, 1.807) is 15.4 Å². The van der Waals surface area contributed by atoms with E-state index >= 15 is 0 Å². The van der Waals surface area contributed by atoms with Crippen LogP contribution in [0.15, 0.2) is 24.8 Å². The van der Waals surface area contributed by atoms with Crippen molar-refractivity contribution in [3.8, 4) is 5.69 Å². The van der Waals surface area contributed by atoms with Crippen LogP contribution >= 0.6 is 11.6 Å². The van der Waals surface area contributed by atoms with Crippen LogP contribution in [0, 0.1) is 5.92 Å². The maximum absolute atomic E-state index is 6.33. The van der Waals surface area contributed by atoms with Crippen molar-refractivity contribution in [1.29, 1.82) is 0 Å². The lowest BCUT2D eigenvalue weighted by Crippen LogP contribution is -2.25. The molecule has 0 spiro atoms. The van der Waals surface area contributed by atoms with Crippen molar-refractivity contribution < 1.29 is 0 Å². The lowest BCUT2D eigenvalue weighted by molar-refractivity contribution is 0.555. The molecule has 0 aliphatic carbocycles. The van der Waals surface area contributed by atoms with E-state index in [2.05, 4.69) is 46.3 Å². The van der Waals surface area contributed by atoms with Gasteiger partial charge in [-0.15, -0.1) is 0 Å². The first-order valence-electron chi connectivity index (χ1n) is 6.73. The van der Waals surface area contributed by atoms with Gasteiger partial charge in [0, 0.05) is 18.4 Å². The third kappa shape index (κ3) is 2.44. The van der Waals surface area contributed by atoms with Crippen LogP contribution in [-0.4, -0.2) is 35.4 Å². The smallest absolute Gasteiger partial charge is 0.255 e. The number of nitrogens with one attached hydrogen (secondary N) is 1. The molecule has 1 atom stereocenters. The first-order valence-corrected chi connectivity index (χ1v) is 7.11. The Kier molecular flexibility index (Phi) is 3.50. The lowest BCUT2D eigenvalue weighted by Gasteiger charge is -2.21. The molecular formula is C13H16ClN7. The summed E-state index contributed by atoms with van der Waals surface area (Å²) >= 11 is 6.33. The Balaban J connectivity index is 2.22. The number of hydrogen-bond acceptors (Lipinski definition) is 5. The van der Waals surface area contributed by atoms with Gasteiger partial charge in [0.2, 0.25) is 0 Å². The second kappa shape index (κ2) is 5.33. The summed E-state index contributed by atoms with van der Waals surface area (Å²) in [6.45, 7) is 6.40. The monoisotopic (exact) mass is 305 g/mol. The molecule has 3 heterocycles. The highest BCUT2D eigenvalue weighted by Gasteiger charge is 2.20. The van der Waals surface area contributed by atoms with Crippen LogP contribution in [0.5, 0.6) is 0 Å². The summed E-state index contributed by atoms with van der Waals surface area (Å²) in [5.74, 6) is 1.63. The van der Waals surface area contributed by atoms with Crippen molar-refractivity contribution in [3.63, 3.8) is 0 Å². The Labute approximate surface area is 127 Å². The average molecular weight is 306 g/mol. The predicted octanol–water partition coefficient (Wildman–Crippen LogP) is 2.42. The van der Waals surface area contributed by atoms with Gasteiger partial charge in [0.1, 0.15) is 12.0 Å². The van der Waals surface area contributed by atoms with Gasteiger partial charge in [-0.25, -0.2) is 4.68 Å². The molecule has 0 radical (unpaired) electrons. The molecular weight excluding hydrogens is 290 g/mol. The summed E-state index contributed by atoms with van der Waals surface area (Å²) in [6.07, 6.45) is 4.96. The minimum atomic E-state index is 0.227. The second-order valence-corrected chi connectivity index (χ2v) is 5.56. The van der Waals surface area contributed by atoms with Gasteiger partial charge in [0.05, 0.1) is 0 Å². The fourth-order valence-corrected chi connectivity index (χ4v) is 2.18. The van der Waals surface area contributed by atoms with Gasteiger partial charge in [0.15, 0.2) is 11.0 Å². The zero-order valence-electron chi connectivity index (χ0n) is 12.0. The number of aromatic nitrogens is 6. The normalized spacial score (nSPS) is 13.0. The van der Waals surface area contributed by atoms with Crippen LogP contribution in [0.4, 0.5) is 5.82 Å². The summed E-state index contributed by atoms with van der Waals surface area (Å²) in [5.41, 5.74) is 0.659. The number of fused-ring (bicyclic) bond motifs is 1. The number of nitrogens with zero attached hydrogens (tertiary/aromatic N) is 6. The number of rotatable bonds is 4.